The lowest BCUT2D eigenvalue weighted by Crippen LogP contribution is -2.38. The summed E-state index contributed by atoms with van der Waals surface area (Å²) in [6.07, 6.45) is 3.91. The molecular weight excluding hydrogens is 230 g/mol. The average Bonchev–Trinajstić information content (AvgIpc) is 2.40. The molecule has 0 saturated carbocycles. The van der Waals surface area contributed by atoms with E-state index in [1.807, 2.05) is 0 Å². The average molecular weight is 249 g/mol. The van der Waals surface area contributed by atoms with E-state index in [-0.39, 0.29) is 11.5 Å². The van der Waals surface area contributed by atoms with Gasteiger partial charge < -0.3 is 15.2 Å². The number of nitrogens with zero attached hydrogens (tertiary/aromatic N) is 1. The predicted octanol–water partition coefficient (Wildman–Crippen LogP) is 0.115. The maximum atomic E-state index is 11.9. The number of piperidine rings is 1. The summed E-state index contributed by atoms with van der Waals surface area (Å²) >= 11 is 0. The molecule has 1 saturated heterocycles. The summed E-state index contributed by atoms with van der Waals surface area (Å²) in [5.41, 5.74) is 0.267. The number of hydrogen-bond donors (Lipinski definition) is 2. The Labute approximate surface area is 106 Å². The number of carbonyl (C=O) groups is 1. The first-order valence-electron chi connectivity index (χ1n) is 6.32. The van der Waals surface area contributed by atoms with Crippen LogP contribution in [-0.2, 0) is 7.05 Å². The van der Waals surface area contributed by atoms with E-state index in [9.17, 15) is 9.59 Å². The molecule has 5 nitrogen and oxygen atoms in total. The highest BCUT2D eigenvalue weighted by molar-refractivity contribution is 5.93. The number of pyridine rings is 1. The molecule has 0 spiro atoms. The number of rotatable bonds is 3. The molecule has 1 unspecified atom stereocenters. The number of nitrogens with one attached hydrogen (secondary N) is 2. The van der Waals surface area contributed by atoms with Crippen LogP contribution in [0.5, 0.6) is 0 Å². The van der Waals surface area contributed by atoms with Gasteiger partial charge in [-0.3, -0.25) is 9.59 Å². The highest BCUT2D eigenvalue weighted by Gasteiger charge is 2.14. The molecule has 1 fully saturated rings. The van der Waals surface area contributed by atoms with Crippen molar-refractivity contribution in [2.24, 2.45) is 13.0 Å². The summed E-state index contributed by atoms with van der Waals surface area (Å²) < 4.78 is 1.45. The minimum absolute atomic E-state index is 0.165. The second-order valence-electron chi connectivity index (χ2n) is 4.79. The molecule has 1 aromatic rings. The van der Waals surface area contributed by atoms with Gasteiger partial charge in [0.05, 0.1) is 0 Å². The summed E-state index contributed by atoms with van der Waals surface area (Å²) in [5.74, 6) is 0.326. The van der Waals surface area contributed by atoms with Gasteiger partial charge in [-0.2, -0.15) is 0 Å². The second kappa shape index (κ2) is 5.82. The molecule has 1 aliphatic rings. The molecule has 0 radical (unpaired) electrons. The molecule has 1 aliphatic heterocycles. The third-order valence-corrected chi connectivity index (χ3v) is 3.32. The van der Waals surface area contributed by atoms with Crippen LogP contribution in [-0.4, -0.2) is 30.1 Å². The summed E-state index contributed by atoms with van der Waals surface area (Å²) in [5, 5.41) is 6.20. The van der Waals surface area contributed by atoms with Crippen LogP contribution in [0, 0.1) is 5.92 Å². The van der Waals surface area contributed by atoms with Crippen molar-refractivity contribution in [2.75, 3.05) is 19.6 Å². The van der Waals surface area contributed by atoms with Crippen LogP contribution in [0.2, 0.25) is 0 Å². The Kier molecular flexibility index (Phi) is 4.15. The summed E-state index contributed by atoms with van der Waals surface area (Å²) in [6, 6.07) is 3.03. The molecule has 0 aromatic carbocycles. The van der Waals surface area contributed by atoms with E-state index in [2.05, 4.69) is 10.6 Å². The van der Waals surface area contributed by atoms with Crippen molar-refractivity contribution in [3.8, 4) is 0 Å². The monoisotopic (exact) mass is 249 g/mol. The van der Waals surface area contributed by atoms with E-state index < -0.39 is 0 Å². The molecule has 2 rings (SSSR count). The van der Waals surface area contributed by atoms with Gasteiger partial charge in [0.15, 0.2) is 0 Å². The van der Waals surface area contributed by atoms with Gasteiger partial charge >= 0.3 is 0 Å². The molecule has 1 amide bonds. The van der Waals surface area contributed by atoms with Gasteiger partial charge in [-0.25, -0.2) is 0 Å². The first-order valence-corrected chi connectivity index (χ1v) is 6.32. The predicted molar refractivity (Wildman–Crippen MR) is 69.6 cm³/mol. The summed E-state index contributed by atoms with van der Waals surface area (Å²) in [7, 11) is 1.66. The Morgan fingerprint density at radius 2 is 2.44 bits per heavy atom. The van der Waals surface area contributed by atoms with Crippen molar-refractivity contribution >= 4 is 5.91 Å². The maximum absolute atomic E-state index is 11.9. The van der Waals surface area contributed by atoms with Crippen molar-refractivity contribution in [2.45, 2.75) is 12.8 Å². The van der Waals surface area contributed by atoms with Crippen molar-refractivity contribution in [1.29, 1.82) is 0 Å². The van der Waals surface area contributed by atoms with Gasteiger partial charge in [-0.15, -0.1) is 0 Å². The molecular formula is C13H19N3O2. The van der Waals surface area contributed by atoms with Crippen LogP contribution < -0.4 is 16.2 Å². The first kappa shape index (κ1) is 12.8. The normalized spacial score (nSPS) is 19.5. The molecule has 2 N–H and O–H groups in total. The van der Waals surface area contributed by atoms with Crippen LogP contribution in [0.3, 0.4) is 0 Å². The van der Waals surface area contributed by atoms with Gasteiger partial charge in [-0.05, 0) is 37.9 Å². The molecule has 18 heavy (non-hydrogen) atoms. The Morgan fingerprint density at radius 3 is 3.11 bits per heavy atom. The van der Waals surface area contributed by atoms with Gasteiger partial charge in [0.25, 0.3) is 11.5 Å². The smallest absolute Gasteiger partial charge is 0.251 e. The van der Waals surface area contributed by atoms with Crippen molar-refractivity contribution in [3.63, 3.8) is 0 Å². The number of hydrogen-bond acceptors (Lipinski definition) is 3. The fraction of sp³-hybridized carbons (Fsp3) is 0.538. The minimum Gasteiger partial charge on any atom is -0.352 e. The molecule has 98 valence electrons. The van der Waals surface area contributed by atoms with Gasteiger partial charge in [0, 0.05) is 31.4 Å². The highest BCUT2D eigenvalue weighted by Crippen LogP contribution is 2.08. The zero-order chi connectivity index (χ0) is 13.0. The van der Waals surface area contributed by atoms with Crippen LogP contribution in [0.1, 0.15) is 23.2 Å². The lowest BCUT2D eigenvalue weighted by atomic mass is 10.00. The second-order valence-corrected chi connectivity index (χ2v) is 4.79. The summed E-state index contributed by atoms with van der Waals surface area (Å²) in [4.78, 5) is 23.3. The quantitative estimate of drug-likeness (QED) is 0.799. The van der Waals surface area contributed by atoms with Crippen LogP contribution in [0.15, 0.2) is 23.1 Å². The fourth-order valence-electron chi connectivity index (χ4n) is 2.13. The standard InChI is InChI=1S/C13H19N3O2/c1-16-6-4-11(7-12(16)17)13(18)15-9-10-3-2-5-14-8-10/h4,6-7,10,14H,2-3,5,8-9H2,1H3,(H,15,18). The zero-order valence-electron chi connectivity index (χ0n) is 10.6. The van der Waals surface area contributed by atoms with Crippen molar-refractivity contribution in [3.05, 3.63) is 34.2 Å². The van der Waals surface area contributed by atoms with Crippen molar-refractivity contribution in [1.82, 2.24) is 15.2 Å². The van der Waals surface area contributed by atoms with Gasteiger partial charge in [0.2, 0.25) is 0 Å². The van der Waals surface area contributed by atoms with E-state index >= 15 is 0 Å². The van der Waals surface area contributed by atoms with Gasteiger partial charge in [0.1, 0.15) is 0 Å². The Hall–Kier alpha value is -1.62. The molecule has 1 atom stereocenters. The number of aromatic nitrogens is 1. The van der Waals surface area contributed by atoms with Crippen LogP contribution in [0.4, 0.5) is 0 Å². The first-order chi connectivity index (χ1) is 8.66. The Balaban J connectivity index is 1.90. The van der Waals surface area contributed by atoms with Crippen LogP contribution in [0.25, 0.3) is 0 Å². The molecule has 0 aliphatic carbocycles. The van der Waals surface area contributed by atoms with E-state index in [0.717, 1.165) is 25.9 Å². The molecule has 0 bridgehead atoms. The Bertz CT molecular complexity index is 475. The largest absolute Gasteiger partial charge is 0.352 e. The SMILES string of the molecule is Cn1ccc(C(=O)NCC2CCCNC2)cc1=O. The number of amides is 1. The van der Waals surface area contributed by atoms with Crippen molar-refractivity contribution < 1.29 is 4.79 Å². The van der Waals surface area contributed by atoms with Crippen LogP contribution >= 0.6 is 0 Å². The lowest BCUT2D eigenvalue weighted by Gasteiger charge is -2.22. The maximum Gasteiger partial charge on any atom is 0.251 e. The third kappa shape index (κ3) is 3.20. The van der Waals surface area contributed by atoms with E-state index in [0.29, 0.717) is 18.0 Å². The molecule has 2 heterocycles. The lowest BCUT2D eigenvalue weighted by molar-refractivity contribution is 0.0944. The fourth-order valence-corrected chi connectivity index (χ4v) is 2.13. The highest BCUT2D eigenvalue weighted by atomic mass is 16.2. The third-order valence-electron chi connectivity index (χ3n) is 3.32. The molecule has 1 aromatic heterocycles. The Morgan fingerprint density at radius 1 is 1.61 bits per heavy atom. The van der Waals surface area contributed by atoms with E-state index in [1.165, 1.54) is 10.6 Å². The topological polar surface area (TPSA) is 63.1 Å². The van der Waals surface area contributed by atoms with E-state index in [4.69, 9.17) is 0 Å². The number of aryl methyl sites for hydroxylation is 1. The minimum atomic E-state index is -0.168. The molecule has 5 heteroatoms. The zero-order valence-corrected chi connectivity index (χ0v) is 10.6. The van der Waals surface area contributed by atoms with Gasteiger partial charge in [-0.1, -0.05) is 0 Å². The summed E-state index contributed by atoms with van der Waals surface area (Å²) in [6.45, 7) is 2.69. The van der Waals surface area contributed by atoms with E-state index in [1.54, 1.807) is 19.3 Å². The number of carbonyl (C=O) groups excluding carboxylic acids is 1.